The predicted molar refractivity (Wildman–Crippen MR) is 65.3 cm³/mol. The summed E-state index contributed by atoms with van der Waals surface area (Å²) in [6.07, 6.45) is -2.63. The van der Waals surface area contributed by atoms with Crippen LogP contribution >= 0.6 is 0 Å². The van der Waals surface area contributed by atoms with Gasteiger partial charge in [-0.1, -0.05) is 0 Å². The highest BCUT2D eigenvalue weighted by molar-refractivity contribution is 5.92. The number of ether oxygens (including phenoxy) is 1. The summed E-state index contributed by atoms with van der Waals surface area (Å²) in [7, 11) is 0. The number of aliphatic hydroxyl groups is 1. The highest BCUT2D eigenvalue weighted by Crippen LogP contribution is 2.18. The molecular weight excluding hydrogens is 277 g/mol. The van der Waals surface area contributed by atoms with Crippen molar-refractivity contribution in [3.05, 3.63) is 24.0 Å². The van der Waals surface area contributed by atoms with Crippen molar-refractivity contribution in [2.24, 2.45) is 0 Å². The van der Waals surface area contributed by atoms with E-state index in [9.17, 15) is 18.0 Å². The van der Waals surface area contributed by atoms with E-state index in [0.717, 1.165) is 4.57 Å². The third-order valence-electron chi connectivity index (χ3n) is 2.40. The molecule has 1 aromatic heterocycles. The first-order valence-corrected chi connectivity index (χ1v) is 6.13. The summed E-state index contributed by atoms with van der Waals surface area (Å²) >= 11 is 0. The first kappa shape index (κ1) is 16.5. The van der Waals surface area contributed by atoms with E-state index in [-0.39, 0.29) is 18.9 Å². The van der Waals surface area contributed by atoms with Gasteiger partial charge in [0.15, 0.2) is 0 Å². The van der Waals surface area contributed by atoms with Gasteiger partial charge in [-0.05, 0) is 18.6 Å². The summed E-state index contributed by atoms with van der Waals surface area (Å²) in [5.74, 6) is -0.554. The summed E-state index contributed by atoms with van der Waals surface area (Å²) < 4.78 is 42.7. The van der Waals surface area contributed by atoms with Gasteiger partial charge in [0, 0.05) is 19.3 Å². The molecule has 0 aliphatic rings. The maximum absolute atomic E-state index is 12.3. The molecule has 0 atom stereocenters. The maximum Gasteiger partial charge on any atom is 0.406 e. The number of halogens is 3. The van der Waals surface area contributed by atoms with Gasteiger partial charge in [-0.3, -0.25) is 4.79 Å². The van der Waals surface area contributed by atoms with Crippen LogP contribution in [-0.4, -0.2) is 48.1 Å². The van der Waals surface area contributed by atoms with E-state index < -0.39 is 18.6 Å². The molecule has 0 radical (unpaired) electrons. The number of nitrogens with one attached hydrogen (secondary N) is 1. The van der Waals surface area contributed by atoms with Gasteiger partial charge in [0.05, 0.1) is 13.2 Å². The molecule has 0 saturated carbocycles. The monoisotopic (exact) mass is 294 g/mol. The molecule has 1 rings (SSSR count). The van der Waals surface area contributed by atoms with Gasteiger partial charge in [-0.2, -0.15) is 13.2 Å². The summed E-state index contributed by atoms with van der Waals surface area (Å²) in [6.45, 7) is -0.381. The fraction of sp³-hybridized carbons (Fsp3) is 0.583. The van der Waals surface area contributed by atoms with E-state index in [1.54, 1.807) is 0 Å². The molecule has 1 aromatic rings. The second-order valence-electron chi connectivity index (χ2n) is 4.08. The van der Waals surface area contributed by atoms with Gasteiger partial charge >= 0.3 is 6.18 Å². The Kier molecular flexibility index (Phi) is 6.53. The Balaban J connectivity index is 2.38. The number of hydrogen-bond donors (Lipinski definition) is 2. The van der Waals surface area contributed by atoms with Gasteiger partial charge in [0.1, 0.15) is 12.2 Å². The zero-order valence-electron chi connectivity index (χ0n) is 10.8. The van der Waals surface area contributed by atoms with Crippen LogP contribution in [0.15, 0.2) is 18.3 Å². The van der Waals surface area contributed by atoms with Gasteiger partial charge in [-0.25, -0.2) is 0 Å². The molecular formula is C12H17F3N2O3. The van der Waals surface area contributed by atoms with Crippen molar-refractivity contribution >= 4 is 5.91 Å². The molecule has 0 unspecified atom stereocenters. The third-order valence-corrected chi connectivity index (χ3v) is 2.40. The molecule has 0 aliphatic carbocycles. The molecule has 5 nitrogen and oxygen atoms in total. The van der Waals surface area contributed by atoms with Crippen LogP contribution in [0.4, 0.5) is 13.2 Å². The number of carbonyl (C=O) groups excluding carboxylic acids is 1. The molecule has 1 heterocycles. The van der Waals surface area contributed by atoms with E-state index in [2.05, 4.69) is 5.32 Å². The minimum absolute atomic E-state index is 0.0291. The van der Waals surface area contributed by atoms with Crippen LogP contribution in [0, 0.1) is 0 Å². The second kappa shape index (κ2) is 7.91. The molecule has 114 valence electrons. The van der Waals surface area contributed by atoms with Crippen molar-refractivity contribution in [1.29, 1.82) is 0 Å². The number of aromatic nitrogens is 1. The lowest BCUT2D eigenvalue weighted by Gasteiger charge is -2.12. The second-order valence-corrected chi connectivity index (χ2v) is 4.08. The van der Waals surface area contributed by atoms with Crippen molar-refractivity contribution in [2.75, 3.05) is 26.4 Å². The number of rotatable bonds is 8. The fourth-order valence-corrected chi connectivity index (χ4v) is 1.58. The smallest absolute Gasteiger partial charge is 0.394 e. The van der Waals surface area contributed by atoms with E-state index >= 15 is 0 Å². The summed E-state index contributed by atoms with van der Waals surface area (Å²) in [5.41, 5.74) is -0.0291. The lowest BCUT2D eigenvalue weighted by molar-refractivity contribution is -0.140. The third kappa shape index (κ3) is 6.07. The molecule has 2 N–H and O–H groups in total. The van der Waals surface area contributed by atoms with E-state index in [1.807, 2.05) is 0 Å². The van der Waals surface area contributed by atoms with Crippen molar-refractivity contribution in [3.8, 4) is 0 Å². The molecule has 1 amide bonds. The highest BCUT2D eigenvalue weighted by Gasteiger charge is 2.29. The van der Waals surface area contributed by atoms with E-state index in [0.29, 0.717) is 19.6 Å². The summed E-state index contributed by atoms with van der Waals surface area (Å²) in [5, 5.41) is 11.0. The molecule has 0 spiro atoms. The molecule has 20 heavy (non-hydrogen) atoms. The fourth-order valence-electron chi connectivity index (χ4n) is 1.58. The first-order chi connectivity index (χ1) is 9.44. The number of alkyl halides is 3. The normalized spacial score (nSPS) is 11.6. The molecule has 0 aromatic carbocycles. The molecule has 8 heteroatoms. The van der Waals surface area contributed by atoms with Crippen LogP contribution in [-0.2, 0) is 11.3 Å². The minimum atomic E-state index is -4.37. The van der Waals surface area contributed by atoms with E-state index in [4.69, 9.17) is 9.84 Å². The van der Waals surface area contributed by atoms with Crippen molar-refractivity contribution in [1.82, 2.24) is 9.88 Å². The maximum atomic E-state index is 12.3. The summed E-state index contributed by atoms with van der Waals surface area (Å²) in [4.78, 5) is 11.7. The van der Waals surface area contributed by atoms with Crippen LogP contribution in [0.5, 0.6) is 0 Å². The average molecular weight is 294 g/mol. The Morgan fingerprint density at radius 3 is 2.80 bits per heavy atom. The number of amides is 1. The molecule has 0 aliphatic heterocycles. The number of hydrogen-bond acceptors (Lipinski definition) is 3. The lowest BCUT2D eigenvalue weighted by Crippen LogP contribution is -2.29. The lowest BCUT2D eigenvalue weighted by atomic mass is 10.3. The van der Waals surface area contributed by atoms with Gasteiger partial charge < -0.3 is 19.7 Å². The molecule has 0 fully saturated rings. The molecule has 0 saturated heterocycles. The SMILES string of the molecule is O=C(NCCCOCCO)c1cccn1CC(F)(F)F. The van der Waals surface area contributed by atoms with Crippen molar-refractivity contribution < 1.29 is 27.8 Å². The highest BCUT2D eigenvalue weighted by atomic mass is 19.4. The predicted octanol–water partition coefficient (Wildman–Crippen LogP) is 1.18. The largest absolute Gasteiger partial charge is 0.406 e. The zero-order valence-corrected chi connectivity index (χ0v) is 10.8. The Labute approximate surface area is 114 Å². The van der Waals surface area contributed by atoms with Crippen LogP contribution in [0.1, 0.15) is 16.9 Å². The van der Waals surface area contributed by atoms with Crippen LogP contribution in [0.25, 0.3) is 0 Å². The Morgan fingerprint density at radius 1 is 1.40 bits per heavy atom. The first-order valence-electron chi connectivity index (χ1n) is 6.13. The van der Waals surface area contributed by atoms with Gasteiger partial charge in [0.25, 0.3) is 5.91 Å². The Bertz CT molecular complexity index is 418. The average Bonchev–Trinajstić information content (AvgIpc) is 2.79. The van der Waals surface area contributed by atoms with Crippen LogP contribution in [0.2, 0.25) is 0 Å². The van der Waals surface area contributed by atoms with E-state index in [1.165, 1.54) is 18.3 Å². The standard InChI is InChI=1S/C12H17F3N2O3/c13-12(14,15)9-17-5-1-3-10(17)11(19)16-4-2-7-20-8-6-18/h1,3,5,18H,2,4,6-9H2,(H,16,19). The Morgan fingerprint density at radius 2 is 2.15 bits per heavy atom. The molecule has 0 bridgehead atoms. The number of aliphatic hydroxyl groups excluding tert-OH is 1. The Hall–Kier alpha value is -1.54. The zero-order chi connectivity index (χ0) is 15.0. The van der Waals surface area contributed by atoms with Crippen molar-refractivity contribution in [2.45, 2.75) is 19.1 Å². The van der Waals surface area contributed by atoms with Crippen molar-refractivity contribution in [3.63, 3.8) is 0 Å². The minimum Gasteiger partial charge on any atom is -0.394 e. The number of nitrogens with zero attached hydrogens (tertiary/aromatic N) is 1. The summed E-state index contributed by atoms with van der Waals surface area (Å²) in [6, 6.07) is 2.73. The van der Waals surface area contributed by atoms with Crippen LogP contribution in [0.3, 0.4) is 0 Å². The number of carbonyl (C=O) groups is 1. The quantitative estimate of drug-likeness (QED) is 0.708. The van der Waals surface area contributed by atoms with Gasteiger partial charge in [-0.15, -0.1) is 0 Å². The van der Waals surface area contributed by atoms with Crippen LogP contribution < -0.4 is 5.32 Å². The topological polar surface area (TPSA) is 63.5 Å². The van der Waals surface area contributed by atoms with Gasteiger partial charge in [0.2, 0.25) is 0 Å².